The zero-order valence-corrected chi connectivity index (χ0v) is 16.8. The first-order chi connectivity index (χ1) is 14.3. The fourth-order valence-electron chi connectivity index (χ4n) is 3.05. The highest BCUT2D eigenvalue weighted by Crippen LogP contribution is 2.22. The van der Waals surface area contributed by atoms with Crippen LogP contribution >= 0.6 is 11.3 Å². The lowest BCUT2D eigenvalue weighted by molar-refractivity contribution is -0.120. The van der Waals surface area contributed by atoms with Crippen LogP contribution in [0.5, 0.6) is 0 Å². The number of rotatable bonds is 6. The van der Waals surface area contributed by atoms with Crippen LogP contribution in [0.2, 0.25) is 0 Å². The van der Waals surface area contributed by atoms with Gasteiger partial charge in [-0.1, -0.05) is 54.6 Å². The van der Waals surface area contributed by atoms with Crippen molar-refractivity contribution in [3.05, 3.63) is 71.2 Å². The molecule has 6 nitrogen and oxygen atoms in total. The minimum atomic E-state index is -0.180. The molecule has 29 heavy (non-hydrogen) atoms. The van der Waals surface area contributed by atoms with Crippen molar-refractivity contribution < 1.29 is 9.53 Å². The number of nitrogens with zero attached hydrogens (tertiary/aromatic N) is 3. The second-order valence-electron chi connectivity index (χ2n) is 6.68. The van der Waals surface area contributed by atoms with E-state index in [2.05, 4.69) is 32.5 Å². The lowest BCUT2D eigenvalue weighted by atomic mass is 10.0. The number of aromatic nitrogens is 1. The molecule has 4 rings (SSSR count). The Hall–Kier alpha value is -3.03. The summed E-state index contributed by atoms with van der Waals surface area (Å²) in [6, 6.07) is 18.2. The first kappa shape index (κ1) is 19.3. The summed E-state index contributed by atoms with van der Waals surface area (Å²) in [4.78, 5) is 18.9. The molecule has 1 N–H and O–H groups in total. The summed E-state index contributed by atoms with van der Waals surface area (Å²) in [5.74, 6) is -0.180. The summed E-state index contributed by atoms with van der Waals surface area (Å²) < 4.78 is 5.36. The summed E-state index contributed by atoms with van der Waals surface area (Å²) >= 11 is 1.56. The number of anilines is 1. The van der Waals surface area contributed by atoms with Gasteiger partial charge in [0.15, 0.2) is 5.13 Å². The van der Waals surface area contributed by atoms with E-state index >= 15 is 0 Å². The molecule has 0 spiro atoms. The van der Waals surface area contributed by atoms with Gasteiger partial charge in [0, 0.05) is 18.5 Å². The van der Waals surface area contributed by atoms with Gasteiger partial charge in [-0.2, -0.15) is 5.10 Å². The Morgan fingerprint density at radius 1 is 1.10 bits per heavy atom. The van der Waals surface area contributed by atoms with Gasteiger partial charge in [0.25, 0.3) is 0 Å². The number of nitrogens with one attached hydrogen (secondary N) is 1. The van der Waals surface area contributed by atoms with Gasteiger partial charge in [-0.15, -0.1) is 11.3 Å². The number of benzene rings is 2. The smallest absolute Gasteiger partial charge is 0.246 e. The molecule has 1 aliphatic rings. The van der Waals surface area contributed by atoms with Crippen molar-refractivity contribution in [2.24, 2.45) is 5.10 Å². The number of amides is 1. The van der Waals surface area contributed by atoms with Crippen LogP contribution in [0.1, 0.15) is 11.3 Å². The Labute approximate surface area is 173 Å². The van der Waals surface area contributed by atoms with E-state index in [9.17, 15) is 4.79 Å². The van der Waals surface area contributed by atoms with E-state index < -0.39 is 0 Å². The summed E-state index contributed by atoms with van der Waals surface area (Å²) in [5, 5.41) is 6.93. The van der Waals surface area contributed by atoms with E-state index in [1.807, 2.05) is 47.8 Å². The van der Waals surface area contributed by atoms with Crippen molar-refractivity contribution in [1.82, 2.24) is 10.4 Å². The molecule has 1 aromatic heterocycles. The number of hydrogen-bond acceptors (Lipinski definition) is 6. The Kier molecular flexibility index (Phi) is 6.29. The quantitative estimate of drug-likeness (QED) is 0.504. The van der Waals surface area contributed by atoms with Crippen LogP contribution in [-0.2, 0) is 16.0 Å². The maximum Gasteiger partial charge on any atom is 0.246 e. The Morgan fingerprint density at radius 2 is 1.83 bits per heavy atom. The summed E-state index contributed by atoms with van der Waals surface area (Å²) in [5.41, 5.74) is 6.58. The lowest BCUT2D eigenvalue weighted by Crippen LogP contribution is -2.36. The van der Waals surface area contributed by atoms with Gasteiger partial charge in [0.1, 0.15) is 0 Å². The molecule has 148 valence electrons. The minimum Gasteiger partial charge on any atom is -0.378 e. The monoisotopic (exact) mass is 406 g/mol. The van der Waals surface area contributed by atoms with E-state index in [0.717, 1.165) is 48.3 Å². The van der Waals surface area contributed by atoms with Gasteiger partial charge >= 0.3 is 0 Å². The molecule has 7 heteroatoms. The van der Waals surface area contributed by atoms with Crippen LogP contribution in [0.25, 0.3) is 11.1 Å². The maximum absolute atomic E-state index is 12.1. The van der Waals surface area contributed by atoms with Crippen LogP contribution in [-0.4, -0.2) is 43.4 Å². The molecule has 0 bridgehead atoms. The maximum atomic E-state index is 12.1. The topological polar surface area (TPSA) is 66.8 Å². The Bertz CT molecular complexity index is 964. The van der Waals surface area contributed by atoms with Gasteiger partial charge < -0.3 is 9.64 Å². The highest BCUT2D eigenvalue weighted by atomic mass is 32.1. The van der Waals surface area contributed by atoms with Crippen molar-refractivity contribution >= 4 is 28.6 Å². The molecule has 1 aliphatic heterocycles. The van der Waals surface area contributed by atoms with Gasteiger partial charge in [-0.05, 0) is 16.7 Å². The SMILES string of the molecule is O=C(Cc1csc(N2CCOCC2)n1)N/N=C\c1ccc(-c2ccccc2)cc1. The van der Waals surface area contributed by atoms with Gasteiger partial charge in [0.2, 0.25) is 5.91 Å². The molecule has 0 radical (unpaired) electrons. The average molecular weight is 407 g/mol. The largest absolute Gasteiger partial charge is 0.378 e. The third kappa shape index (κ3) is 5.28. The molecule has 0 unspecified atom stereocenters. The van der Waals surface area contributed by atoms with Crippen molar-refractivity contribution in [3.8, 4) is 11.1 Å². The molecule has 0 atom stereocenters. The van der Waals surface area contributed by atoms with Gasteiger partial charge in [-0.25, -0.2) is 10.4 Å². The molecule has 2 aromatic carbocycles. The zero-order chi connectivity index (χ0) is 19.9. The van der Waals surface area contributed by atoms with Gasteiger partial charge in [0.05, 0.1) is 31.5 Å². The second-order valence-corrected chi connectivity index (χ2v) is 7.52. The van der Waals surface area contributed by atoms with Crippen molar-refractivity contribution in [2.75, 3.05) is 31.2 Å². The van der Waals surface area contributed by atoms with E-state index in [1.54, 1.807) is 17.6 Å². The zero-order valence-electron chi connectivity index (χ0n) is 16.0. The van der Waals surface area contributed by atoms with Crippen molar-refractivity contribution in [1.29, 1.82) is 0 Å². The molecule has 1 amide bonds. The highest BCUT2D eigenvalue weighted by Gasteiger charge is 2.15. The van der Waals surface area contributed by atoms with Crippen LogP contribution in [0.3, 0.4) is 0 Å². The molecule has 1 fully saturated rings. The molecule has 2 heterocycles. The molecule has 1 saturated heterocycles. The molecular weight excluding hydrogens is 384 g/mol. The van der Waals surface area contributed by atoms with Crippen LogP contribution in [0, 0.1) is 0 Å². The first-order valence-corrected chi connectivity index (χ1v) is 10.4. The second kappa shape index (κ2) is 9.45. The van der Waals surface area contributed by atoms with E-state index in [4.69, 9.17) is 4.74 Å². The van der Waals surface area contributed by atoms with Gasteiger partial charge in [-0.3, -0.25) is 4.79 Å². The first-order valence-electron chi connectivity index (χ1n) is 9.52. The summed E-state index contributed by atoms with van der Waals surface area (Å²) in [6.45, 7) is 3.12. The standard InChI is InChI=1S/C22H22N4O2S/c27-21(14-20-16-29-22(24-20)26-10-12-28-13-11-26)25-23-15-17-6-8-19(9-7-17)18-4-2-1-3-5-18/h1-9,15-16H,10-14H2,(H,25,27)/b23-15-. The van der Waals surface area contributed by atoms with Crippen molar-refractivity contribution in [2.45, 2.75) is 6.42 Å². The fraction of sp³-hybridized carbons (Fsp3) is 0.227. The Morgan fingerprint density at radius 3 is 2.59 bits per heavy atom. The Balaban J connectivity index is 1.28. The predicted octanol–water partition coefficient (Wildman–Crippen LogP) is 3.34. The number of thiazole rings is 1. The molecule has 0 saturated carbocycles. The number of hydrogen-bond donors (Lipinski definition) is 1. The van der Waals surface area contributed by atoms with E-state index in [-0.39, 0.29) is 12.3 Å². The van der Waals surface area contributed by atoms with Crippen LogP contribution in [0.15, 0.2) is 65.1 Å². The minimum absolute atomic E-state index is 0.180. The molecule has 0 aliphatic carbocycles. The average Bonchev–Trinajstić information content (AvgIpc) is 3.24. The van der Waals surface area contributed by atoms with E-state index in [1.165, 1.54) is 5.56 Å². The highest BCUT2D eigenvalue weighted by molar-refractivity contribution is 7.13. The summed E-state index contributed by atoms with van der Waals surface area (Å²) in [6.07, 6.45) is 1.86. The number of morpholine rings is 1. The number of carbonyl (C=O) groups is 1. The fourth-order valence-corrected chi connectivity index (χ4v) is 3.93. The van der Waals surface area contributed by atoms with E-state index in [0.29, 0.717) is 0 Å². The lowest BCUT2D eigenvalue weighted by Gasteiger charge is -2.26. The molecular formula is C22H22N4O2S. The summed E-state index contributed by atoms with van der Waals surface area (Å²) in [7, 11) is 0. The number of hydrazone groups is 1. The van der Waals surface area contributed by atoms with Crippen LogP contribution < -0.4 is 10.3 Å². The van der Waals surface area contributed by atoms with Crippen LogP contribution in [0.4, 0.5) is 5.13 Å². The predicted molar refractivity (Wildman–Crippen MR) is 116 cm³/mol. The number of carbonyl (C=O) groups excluding carboxylic acids is 1. The third-order valence-corrected chi connectivity index (χ3v) is 5.53. The molecule has 3 aromatic rings. The third-order valence-electron chi connectivity index (χ3n) is 4.58. The number of ether oxygens (including phenoxy) is 1. The van der Waals surface area contributed by atoms with Crippen molar-refractivity contribution in [3.63, 3.8) is 0 Å². The normalized spacial score (nSPS) is 14.3.